The van der Waals surface area contributed by atoms with Crippen LogP contribution in [0.25, 0.3) is 0 Å². The highest BCUT2D eigenvalue weighted by atomic mass is 19.4. The van der Waals surface area contributed by atoms with Crippen LogP contribution in [0.5, 0.6) is 0 Å². The van der Waals surface area contributed by atoms with Gasteiger partial charge in [-0.25, -0.2) is 18.0 Å². The van der Waals surface area contributed by atoms with Gasteiger partial charge in [-0.2, -0.15) is 13.2 Å². The number of nitrogens with one attached hydrogen (secondary N) is 2. The number of halogens is 6. The van der Waals surface area contributed by atoms with Crippen molar-refractivity contribution >= 4 is 6.03 Å². The summed E-state index contributed by atoms with van der Waals surface area (Å²) in [6.07, 6.45) is -5.01. The maximum atomic E-state index is 13.0. The quantitative estimate of drug-likeness (QED) is 0.786. The number of amides is 2. The van der Waals surface area contributed by atoms with E-state index in [4.69, 9.17) is 0 Å². The first-order chi connectivity index (χ1) is 11.1. The van der Waals surface area contributed by atoms with Gasteiger partial charge in [0.05, 0.1) is 5.56 Å². The highest BCUT2D eigenvalue weighted by Gasteiger charge is 2.39. The Kier molecular flexibility index (Phi) is 5.29. The molecule has 0 aromatic heterocycles. The molecule has 0 spiro atoms. The zero-order valence-electron chi connectivity index (χ0n) is 12.5. The first kappa shape index (κ1) is 18.4. The smallest absolute Gasteiger partial charge is 0.338 e. The van der Waals surface area contributed by atoms with E-state index in [9.17, 15) is 31.1 Å². The lowest BCUT2D eigenvalue weighted by molar-refractivity contribution is -0.138. The molecule has 1 atom stereocenters. The van der Waals surface area contributed by atoms with Crippen LogP contribution in [-0.4, -0.2) is 18.5 Å². The van der Waals surface area contributed by atoms with E-state index in [1.54, 1.807) is 0 Å². The van der Waals surface area contributed by atoms with Crippen molar-refractivity contribution in [2.75, 3.05) is 6.54 Å². The van der Waals surface area contributed by atoms with Gasteiger partial charge in [0, 0.05) is 25.9 Å². The molecule has 0 aliphatic heterocycles. The second-order valence-corrected chi connectivity index (χ2v) is 5.83. The summed E-state index contributed by atoms with van der Waals surface area (Å²) in [7, 11) is 0. The number of urea groups is 1. The molecule has 2 N–H and O–H groups in total. The summed E-state index contributed by atoms with van der Waals surface area (Å²) in [5.41, 5.74) is -1.45. The Morgan fingerprint density at radius 1 is 1.25 bits per heavy atom. The summed E-state index contributed by atoms with van der Waals surface area (Å²) in [6.45, 7) is -0.432. The maximum Gasteiger partial charge on any atom is 0.416 e. The van der Waals surface area contributed by atoms with Crippen LogP contribution in [0.1, 0.15) is 30.4 Å². The minimum atomic E-state index is -4.75. The number of carbonyl (C=O) groups is 1. The van der Waals surface area contributed by atoms with E-state index in [1.165, 1.54) is 0 Å². The van der Waals surface area contributed by atoms with Crippen LogP contribution in [-0.2, 0) is 12.7 Å². The number of hydrogen-bond donors (Lipinski definition) is 2. The molecule has 1 saturated carbocycles. The van der Waals surface area contributed by atoms with Crippen molar-refractivity contribution < 1.29 is 31.1 Å². The Bertz CT molecular complexity index is 602. The van der Waals surface area contributed by atoms with E-state index in [-0.39, 0.29) is 37.3 Å². The largest absolute Gasteiger partial charge is 0.416 e. The molecule has 0 radical (unpaired) electrons. The van der Waals surface area contributed by atoms with Gasteiger partial charge in [-0.15, -0.1) is 0 Å². The van der Waals surface area contributed by atoms with Crippen molar-refractivity contribution in [1.29, 1.82) is 0 Å². The molecule has 1 aliphatic rings. The molecule has 3 nitrogen and oxygen atoms in total. The molecule has 0 saturated heterocycles. The lowest BCUT2D eigenvalue weighted by Crippen LogP contribution is -2.38. The monoisotopic (exact) mass is 354 g/mol. The minimum Gasteiger partial charge on any atom is -0.338 e. The Morgan fingerprint density at radius 2 is 1.96 bits per heavy atom. The molecule has 9 heteroatoms. The lowest BCUT2D eigenvalue weighted by atomic mass is 10.1. The van der Waals surface area contributed by atoms with Gasteiger partial charge in [0.2, 0.25) is 5.92 Å². The Hall–Kier alpha value is -1.93. The number of carbonyl (C=O) groups excluding carboxylic acids is 1. The molecule has 134 valence electrons. The summed E-state index contributed by atoms with van der Waals surface area (Å²) in [6, 6.07) is 1.40. The number of benzene rings is 1. The van der Waals surface area contributed by atoms with E-state index >= 15 is 0 Å². The van der Waals surface area contributed by atoms with Gasteiger partial charge in [-0.1, -0.05) is 6.07 Å². The Labute approximate surface area is 134 Å². The zero-order valence-corrected chi connectivity index (χ0v) is 12.5. The summed E-state index contributed by atoms with van der Waals surface area (Å²) in [4.78, 5) is 11.6. The third-order valence-electron chi connectivity index (χ3n) is 3.87. The van der Waals surface area contributed by atoms with Crippen LogP contribution in [0, 0.1) is 11.7 Å². The Morgan fingerprint density at radius 3 is 2.54 bits per heavy atom. The molecule has 1 aliphatic carbocycles. The second kappa shape index (κ2) is 6.90. The summed E-state index contributed by atoms with van der Waals surface area (Å²) in [5, 5.41) is 4.58. The maximum absolute atomic E-state index is 13.0. The topological polar surface area (TPSA) is 41.1 Å². The Balaban J connectivity index is 1.86. The first-order valence-corrected chi connectivity index (χ1v) is 7.32. The molecular weight excluding hydrogens is 338 g/mol. The average Bonchev–Trinajstić information content (AvgIpc) is 2.82. The fourth-order valence-electron chi connectivity index (χ4n) is 2.66. The van der Waals surface area contributed by atoms with Crippen molar-refractivity contribution in [1.82, 2.24) is 10.6 Å². The van der Waals surface area contributed by atoms with E-state index in [1.807, 2.05) is 0 Å². The second-order valence-electron chi connectivity index (χ2n) is 5.83. The molecule has 2 amide bonds. The summed E-state index contributed by atoms with van der Waals surface area (Å²) < 4.78 is 77.4. The number of rotatable bonds is 4. The molecule has 1 aromatic rings. The molecular formula is C15H16F6N2O. The van der Waals surface area contributed by atoms with Crippen molar-refractivity contribution in [3.8, 4) is 0 Å². The van der Waals surface area contributed by atoms with Crippen LogP contribution < -0.4 is 10.6 Å². The van der Waals surface area contributed by atoms with Crippen LogP contribution in [0.4, 0.5) is 31.1 Å². The van der Waals surface area contributed by atoms with Crippen LogP contribution >= 0.6 is 0 Å². The highest BCUT2D eigenvalue weighted by Crippen LogP contribution is 2.38. The van der Waals surface area contributed by atoms with Gasteiger partial charge in [0.1, 0.15) is 5.82 Å². The predicted octanol–water partition coefficient (Wildman–Crippen LogP) is 4.08. The standard InChI is InChI=1S/C15H16F6N2O/c16-11-2-1-10(12(5-11)15(19,20)21)8-23-13(24)22-7-9-3-4-14(17,18)6-9/h1-2,5,9H,3-4,6-8H2,(H2,22,23,24). The molecule has 1 aromatic carbocycles. The molecule has 1 fully saturated rings. The van der Waals surface area contributed by atoms with Gasteiger partial charge >= 0.3 is 12.2 Å². The molecule has 24 heavy (non-hydrogen) atoms. The highest BCUT2D eigenvalue weighted by molar-refractivity contribution is 5.73. The van der Waals surface area contributed by atoms with Gasteiger partial charge in [0.15, 0.2) is 0 Å². The van der Waals surface area contributed by atoms with E-state index < -0.39 is 36.1 Å². The normalized spacial score (nSPS) is 20.0. The van der Waals surface area contributed by atoms with E-state index in [2.05, 4.69) is 10.6 Å². The number of alkyl halides is 5. The van der Waals surface area contributed by atoms with Gasteiger partial charge in [0.25, 0.3) is 0 Å². The third kappa shape index (κ3) is 5.04. The fraction of sp³-hybridized carbons (Fsp3) is 0.533. The molecule has 1 unspecified atom stereocenters. The lowest BCUT2D eigenvalue weighted by Gasteiger charge is -2.15. The summed E-state index contributed by atoms with van der Waals surface area (Å²) in [5.74, 6) is -4.11. The van der Waals surface area contributed by atoms with Crippen molar-refractivity contribution in [2.45, 2.75) is 37.9 Å². The molecule has 2 rings (SSSR count). The van der Waals surface area contributed by atoms with E-state index in [0.717, 1.165) is 12.1 Å². The van der Waals surface area contributed by atoms with Crippen LogP contribution in [0.2, 0.25) is 0 Å². The van der Waals surface area contributed by atoms with Gasteiger partial charge < -0.3 is 10.6 Å². The van der Waals surface area contributed by atoms with E-state index in [0.29, 0.717) is 6.07 Å². The van der Waals surface area contributed by atoms with Gasteiger partial charge in [-0.3, -0.25) is 0 Å². The SMILES string of the molecule is O=C(NCc1ccc(F)cc1C(F)(F)F)NCC1CCC(F)(F)C1. The average molecular weight is 354 g/mol. The van der Waals surface area contributed by atoms with Crippen LogP contribution in [0.15, 0.2) is 18.2 Å². The van der Waals surface area contributed by atoms with Crippen molar-refractivity contribution in [3.63, 3.8) is 0 Å². The first-order valence-electron chi connectivity index (χ1n) is 7.32. The van der Waals surface area contributed by atoms with Crippen molar-refractivity contribution in [3.05, 3.63) is 35.1 Å². The van der Waals surface area contributed by atoms with Gasteiger partial charge in [-0.05, 0) is 30.0 Å². The molecule has 0 heterocycles. The predicted molar refractivity (Wildman–Crippen MR) is 73.9 cm³/mol. The van der Waals surface area contributed by atoms with Crippen LogP contribution in [0.3, 0.4) is 0 Å². The zero-order chi connectivity index (χ0) is 18.0. The van der Waals surface area contributed by atoms with Crippen molar-refractivity contribution in [2.24, 2.45) is 5.92 Å². The third-order valence-corrected chi connectivity index (χ3v) is 3.87. The minimum absolute atomic E-state index is 0.0248. The summed E-state index contributed by atoms with van der Waals surface area (Å²) >= 11 is 0. The molecule has 0 bridgehead atoms. The fourth-order valence-corrected chi connectivity index (χ4v) is 2.66. The number of hydrogen-bond acceptors (Lipinski definition) is 1.